The Morgan fingerprint density at radius 2 is 1.56 bits per heavy atom. The molecule has 2 aromatic rings. The van der Waals surface area contributed by atoms with Gasteiger partial charge < -0.3 is 28.7 Å². The molecule has 6 nitrogen and oxygen atoms in total. The van der Waals surface area contributed by atoms with Crippen LogP contribution in [0, 0.1) is 0 Å². The van der Waals surface area contributed by atoms with Gasteiger partial charge in [-0.1, -0.05) is 0 Å². The summed E-state index contributed by atoms with van der Waals surface area (Å²) in [6.45, 7) is 6.97. The van der Waals surface area contributed by atoms with Crippen molar-refractivity contribution in [3.05, 3.63) is 47.5 Å². The number of methoxy groups -OCH3 is 2. The summed E-state index contributed by atoms with van der Waals surface area (Å²) in [5.41, 5.74) is 2.53. The number of nitrogens with one attached hydrogen (secondary N) is 2. The highest BCUT2D eigenvalue weighted by atomic mass is 16.7. The number of hydrogen-bond acceptors (Lipinski definition) is 4. The van der Waals surface area contributed by atoms with Gasteiger partial charge in [0.2, 0.25) is 6.79 Å². The molecule has 2 aliphatic rings. The SMILES string of the molecule is COc1ccc(OC)c(C[NH+]2CC[NH+](Cc3ccc4c(c3)OCO4)CC2)c1. The Kier molecular flexibility index (Phi) is 5.36. The molecule has 4 rings (SSSR count). The Morgan fingerprint density at radius 1 is 0.815 bits per heavy atom. The number of hydrogen-bond donors (Lipinski definition) is 2. The van der Waals surface area contributed by atoms with E-state index in [0.717, 1.165) is 62.3 Å². The summed E-state index contributed by atoms with van der Waals surface area (Å²) >= 11 is 0. The van der Waals surface area contributed by atoms with Gasteiger partial charge in [-0.15, -0.1) is 0 Å². The molecule has 0 spiro atoms. The van der Waals surface area contributed by atoms with E-state index in [9.17, 15) is 0 Å². The van der Waals surface area contributed by atoms with E-state index in [2.05, 4.69) is 18.2 Å². The first-order valence-electron chi connectivity index (χ1n) is 9.51. The molecule has 27 heavy (non-hydrogen) atoms. The second kappa shape index (κ2) is 8.06. The van der Waals surface area contributed by atoms with Crippen LogP contribution in [0.3, 0.4) is 0 Å². The van der Waals surface area contributed by atoms with E-state index in [4.69, 9.17) is 18.9 Å². The maximum absolute atomic E-state index is 5.53. The minimum absolute atomic E-state index is 0.335. The predicted octanol–water partition coefficient (Wildman–Crippen LogP) is -0.0839. The molecule has 2 N–H and O–H groups in total. The quantitative estimate of drug-likeness (QED) is 0.745. The van der Waals surface area contributed by atoms with Crippen LogP contribution in [0.5, 0.6) is 23.0 Å². The summed E-state index contributed by atoms with van der Waals surface area (Å²) < 4.78 is 21.8. The van der Waals surface area contributed by atoms with Crippen molar-refractivity contribution in [1.29, 1.82) is 0 Å². The van der Waals surface area contributed by atoms with Crippen LogP contribution in [-0.2, 0) is 13.1 Å². The molecule has 0 amide bonds. The molecule has 0 atom stereocenters. The molecule has 1 fully saturated rings. The van der Waals surface area contributed by atoms with E-state index in [1.165, 1.54) is 11.1 Å². The molecule has 144 valence electrons. The van der Waals surface area contributed by atoms with Gasteiger partial charge in [0.05, 0.1) is 19.8 Å². The maximum atomic E-state index is 5.53. The first-order valence-corrected chi connectivity index (χ1v) is 9.51. The van der Waals surface area contributed by atoms with E-state index in [1.54, 1.807) is 24.0 Å². The molecule has 0 bridgehead atoms. The average molecular weight is 372 g/mol. The first kappa shape index (κ1) is 17.9. The van der Waals surface area contributed by atoms with Crippen molar-refractivity contribution in [1.82, 2.24) is 0 Å². The van der Waals surface area contributed by atoms with Gasteiger partial charge in [-0.05, 0) is 36.4 Å². The molecule has 2 heterocycles. The molecule has 6 heteroatoms. The Balaban J connectivity index is 1.33. The maximum Gasteiger partial charge on any atom is 0.231 e. The smallest absolute Gasteiger partial charge is 0.231 e. The molecule has 0 aromatic heterocycles. The zero-order valence-electron chi connectivity index (χ0n) is 16.0. The normalized spacial score (nSPS) is 21.1. The molecule has 0 aliphatic carbocycles. The van der Waals surface area contributed by atoms with Crippen molar-refractivity contribution in [2.45, 2.75) is 13.1 Å². The van der Waals surface area contributed by atoms with Crippen molar-refractivity contribution in [3.8, 4) is 23.0 Å². The topological polar surface area (TPSA) is 45.8 Å². The lowest BCUT2D eigenvalue weighted by atomic mass is 10.1. The third-order valence-corrected chi connectivity index (χ3v) is 5.48. The second-order valence-electron chi connectivity index (χ2n) is 7.22. The molecular formula is C21H28N2O4+2. The highest BCUT2D eigenvalue weighted by molar-refractivity contribution is 5.44. The molecular weight excluding hydrogens is 344 g/mol. The monoisotopic (exact) mass is 372 g/mol. The molecule has 0 radical (unpaired) electrons. The first-order chi connectivity index (χ1) is 13.2. The van der Waals surface area contributed by atoms with Crippen LogP contribution >= 0.6 is 0 Å². The lowest BCUT2D eigenvalue weighted by Gasteiger charge is -2.30. The Hall–Kier alpha value is -2.44. The van der Waals surface area contributed by atoms with Gasteiger partial charge in [-0.3, -0.25) is 0 Å². The van der Waals surface area contributed by atoms with Crippen molar-refractivity contribution < 1.29 is 28.7 Å². The number of benzene rings is 2. The summed E-state index contributed by atoms with van der Waals surface area (Å²) in [5.74, 6) is 3.56. The highest BCUT2D eigenvalue weighted by Crippen LogP contribution is 2.32. The second-order valence-corrected chi connectivity index (χ2v) is 7.22. The average Bonchev–Trinajstić information content (AvgIpc) is 3.17. The van der Waals surface area contributed by atoms with E-state index in [-0.39, 0.29) is 0 Å². The largest absolute Gasteiger partial charge is 0.497 e. The summed E-state index contributed by atoms with van der Waals surface area (Å²) in [6.07, 6.45) is 0. The zero-order valence-corrected chi connectivity index (χ0v) is 16.0. The number of rotatable bonds is 6. The van der Waals surface area contributed by atoms with Gasteiger partial charge in [0.25, 0.3) is 0 Å². The Bertz CT molecular complexity index is 788. The fraction of sp³-hybridized carbons (Fsp3) is 0.429. The van der Waals surface area contributed by atoms with Gasteiger partial charge in [0.1, 0.15) is 50.8 Å². The van der Waals surface area contributed by atoms with Crippen molar-refractivity contribution in [2.24, 2.45) is 0 Å². The summed E-state index contributed by atoms with van der Waals surface area (Å²) in [6, 6.07) is 12.3. The number of ether oxygens (including phenoxy) is 4. The van der Waals surface area contributed by atoms with E-state index >= 15 is 0 Å². The lowest BCUT2D eigenvalue weighted by Crippen LogP contribution is -3.27. The van der Waals surface area contributed by atoms with Gasteiger partial charge >= 0.3 is 0 Å². The molecule has 2 aliphatic heterocycles. The molecule has 0 unspecified atom stereocenters. The predicted molar refractivity (Wildman–Crippen MR) is 101 cm³/mol. The Morgan fingerprint density at radius 3 is 2.30 bits per heavy atom. The van der Waals surface area contributed by atoms with Crippen molar-refractivity contribution in [2.75, 3.05) is 47.2 Å². The fourth-order valence-electron chi connectivity index (χ4n) is 3.94. The number of fused-ring (bicyclic) bond motifs is 1. The lowest BCUT2D eigenvalue weighted by molar-refractivity contribution is -1.02. The van der Waals surface area contributed by atoms with Crippen molar-refractivity contribution >= 4 is 0 Å². The Labute approximate surface area is 160 Å². The van der Waals surface area contributed by atoms with Gasteiger partial charge in [-0.2, -0.15) is 0 Å². The molecule has 0 saturated carbocycles. The third-order valence-electron chi connectivity index (χ3n) is 5.48. The van der Waals surface area contributed by atoms with Crippen molar-refractivity contribution in [3.63, 3.8) is 0 Å². The van der Waals surface area contributed by atoms with Gasteiger partial charge in [0, 0.05) is 5.56 Å². The summed E-state index contributed by atoms with van der Waals surface area (Å²) in [5, 5.41) is 0. The summed E-state index contributed by atoms with van der Waals surface area (Å²) in [7, 11) is 3.44. The highest BCUT2D eigenvalue weighted by Gasteiger charge is 2.25. The minimum atomic E-state index is 0.335. The van der Waals surface area contributed by atoms with Crippen LogP contribution in [0.1, 0.15) is 11.1 Å². The van der Waals surface area contributed by atoms with Gasteiger partial charge in [0.15, 0.2) is 11.5 Å². The van der Waals surface area contributed by atoms with E-state index in [1.807, 2.05) is 18.2 Å². The van der Waals surface area contributed by atoms with Gasteiger partial charge in [-0.25, -0.2) is 0 Å². The number of quaternary nitrogens is 2. The van der Waals surface area contributed by atoms with Crippen LogP contribution in [0.15, 0.2) is 36.4 Å². The van der Waals surface area contributed by atoms with Crippen LogP contribution in [0.25, 0.3) is 0 Å². The zero-order chi connectivity index (χ0) is 18.6. The fourth-order valence-corrected chi connectivity index (χ4v) is 3.94. The summed E-state index contributed by atoms with van der Waals surface area (Å²) in [4.78, 5) is 3.21. The van der Waals surface area contributed by atoms with Crippen LogP contribution in [0.2, 0.25) is 0 Å². The minimum Gasteiger partial charge on any atom is -0.497 e. The molecule has 1 saturated heterocycles. The van der Waals surface area contributed by atoms with Crippen LogP contribution in [0.4, 0.5) is 0 Å². The van der Waals surface area contributed by atoms with E-state index < -0.39 is 0 Å². The third kappa shape index (κ3) is 4.12. The standard InChI is InChI=1S/C21H26N2O4/c1-24-18-4-6-19(25-2)17(12-18)14-23-9-7-22(8-10-23)13-16-3-5-20-21(11-16)27-15-26-20/h3-6,11-12H,7-10,13-15H2,1-2H3/p+2. The van der Waals surface area contributed by atoms with Crippen LogP contribution < -0.4 is 28.7 Å². The van der Waals surface area contributed by atoms with E-state index in [0.29, 0.717) is 6.79 Å². The number of piperazine rings is 1. The van der Waals surface area contributed by atoms with Crippen LogP contribution in [-0.4, -0.2) is 47.2 Å². The molecule has 2 aromatic carbocycles.